The molecule has 2 aromatic heterocycles. The quantitative estimate of drug-likeness (QED) is 0.123. The molecule has 4 atom stereocenters. The molecule has 6 rings (SSSR count). The van der Waals surface area contributed by atoms with Crippen molar-refractivity contribution in [2.45, 2.75) is 84.0 Å². The van der Waals surface area contributed by atoms with Gasteiger partial charge in [-0.2, -0.15) is 0 Å². The van der Waals surface area contributed by atoms with Gasteiger partial charge in [-0.05, 0) is 74.3 Å². The Balaban J connectivity index is 1.13. The summed E-state index contributed by atoms with van der Waals surface area (Å²) in [6.45, 7) is 10.2. The molecule has 15 heteroatoms. The van der Waals surface area contributed by atoms with Crippen LogP contribution in [0.25, 0.3) is 33.4 Å². The number of aromatic nitrogens is 3. The molecule has 0 saturated carbocycles. The first-order valence-electron chi connectivity index (χ1n) is 19.1. The minimum atomic E-state index is -1.09. The fourth-order valence-corrected chi connectivity index (χ4v) is 7.72. The summed E-state index contributed by atoms with van der Waals surface area (Å²) in [7, 11) is 2.53. The van der Waals surface area contributed by atoms with E-state index in [-0.39, 0.29) is 35.6 Å². The number of likely N-dealkylation sites (tertiary alicyclic amines) is 2. The molecule has 2 aliphatic heterocycles. The molecule has 2 fully saturated rings. The number of nitrogens with one attached hydrogen (secondary N) is 5. The van der Waals surface area contributed by atoms with E-state index < -0.39 is 29.8 Å². The molecule has 2 saturated heterocycles. The molecule has 56 heavy (non-hydrogen) atoms. The SMILES string of the molecule is COC(=O)N[C@H](C(=O)N1CCC[C@H]1c1nc(-c2ccc(-c3cc4cc(NC(=O)[C@]5(C)CCCN5C(=O)[C@@H](NC(=O)OC)C(C)C)ccc4[nH]3)cc2)c[nH]1)C(C)C. The Hall–Kier alpha value is -5.86. The summed E-state index contributed by atoms with van der Waals surface area (Å²) in [6, 6.07) is 13.9. The van der Waals surface area contributed by atoms with Crippen LogP contribution >= 0.6 is 0 Å². The van der Waals surface area contributed by atoms with Crippen molar-refractivity contribution < 1.29 is 33.4 Å². The molecule has 5 amide bonds. The molecule has 5 N–H and O–H groups in total. The van der Waals surface area contributed by atoms with Gasteiger partial charge in [-0.25, -0.2) is 14.6 Å². The van der Waals surface area contributed by atoms with Crippen molar-refractivity contribution >= 4 is 46.5 Å². The Morgan fingerprint density at radius 1 is 0.839 bits per heavy atom. The number of carbonyl (C=O) groups excluding carboxylic acids is 5. The van der Waals surface area contributed by atoms with Crippen molar-refractivity contribution in [3.05, 3.63) is 60.6 Å². The van der Waals surface area contributed by atoms with E-state index in [1.807, 2.05) is 82.4 Å². The summed E-state index contributed by atoms with van der Waals surface area (Å²) in [4.78, 5) is 79.9. The number of ether oxygens (including phenoxy) is 2. The third-order valence-electron chi connectivity index (χ3n) is 11.0. The van der Waals surface area contributed by atoms with Crippen molar-refractivity contribution in [1.29, 1.82) is 0 Å². The number of alkyl carbamates (subject to hydrolysis) is 2. The maximum absolute atomic E-state index is 13.8. The lowest BCUT2D eigenvalue weighted by Gasteiger charge is -2.37. The van der Waals surface area contributed by atoms with Gasteiger partial charge in [-0.15, -0.1) is 0 Å². The number of nitrogens with zero attached hydrogens (tertiary/aromatic N) is 3. The second-order valence-corrected chi connectivity index (χ2v) is 15.5. The Morgan fingerprint density at radius 2 is 1.48 bits per heavy atom. The van der Waals surface area contributed by atoms with Gasteiger partial charge < -0.3 is 45.2 Å². The lowest BCUT2D eigenvalue weighted by Crippen LogP contribution is -2.59. The number of methoxy groups -OCH3 is 2. The van der Waals surface area contributed by atoms with Gasteiger partial charge >= 0.3 is 12.2 Å². The molecule has 0 aliphatic carbocycles. The molecule has 2 aliphatic rings. The topological polar surface area (TPSA) is 191 Å². The van der Waals surface area contributed by atoms with Crippen LogP contribution in [0.5, 0.6) is 0 Å². The number of imidazole rings is 1. The summed E-state index contributed by atoms with van der Waals surface area (Å²) >= 11 is 0. The summed E-state index contributed by atoms with van der Waals surface area (Å²) in [6.07, 6.45) is 3.27. The number of rotatable bonds is 11. The van der Waals surface area contributed by atoms with Crippen LogP contribution in [0.3, 0.4) is 0 Å². The van der Waals surface area contributed by atoms with Crippen LogP contribution in [0.15, 0.2) is 54.7 Å². The van der Waals surface area contributed by atoms with Crippen molar-refractivity contribution in [3.63, 3.8) is 0 Å². The van der Waals surface area contributed by atoms with Crippen LogP contribution in [0, 0.1) is 11.8 Å². The van der Waals surface area contributed by atoms with Gasteiger partial charge in [0.05, 0.1) is 26.0 Å². The van der Waals surface area contributed by atoms with Crippen molar-refractivity contribution in [2.24, 2.45) is 11.8 Å². The van der Waals surface area contributed by atoms with Crippen LogP contribution in [0.1, 0.15) is 72.2 Å². The number of amides is 5. The van der Waals surface area contributed by atoms with Crippen molar-refractivity contribution in [1.82, 2.24) is 35.4 Å². The highest BCUT2D eigenvalue weighted by Crippen LogP contribution is 2.35. The Kier molecular flexibility index (Phi) is 11.7. The molecular formula is C41H52N8O7. The molecule has 15 nitrogen and oxygen atoms in total. The Labute approximate surface area is 326 Å². The van der Waals surface area contributed by atoms with E-state index in [1.165, 1.54) is 14.2 Å². The minimum Gasteiger partial charge on any atom is -0.453 e. The van der Waals surface area contributed by atoms with Crippen LogP contribution in [-0.2, 0) is 23.9 Å². The number of H-pyrrole nitrogens is 2. The third-order valence-corrected chi connectivity index (χ3v) is 11.0. The largest absolute Gasteiger partial charge is 0.453 e. The summed E-state index contributed by atoms with van der Waals surface area (Å²) in [5, 5.41) is 9.25. The number of hydrogen-bond acceptors (Lipinski definition) is 8. The first-order chi connectivity index (χ1) is 26.7. The third kappa shape index (κ3) is 8.07. The first kappa shape index (κ1) is 39.8. The van der Waals surface area contributed by atoms with Crippen LogP contribution in [0.4, 0.5) is 15.3 Å². The fourth-order valence-electron chi connectivity index (χ4n) is 7.72. The van der Waals surface area contributed by atoms with E-state index in [1.54, 1.807) is 16.7 Å². The highest BCUT2D eigenvalue weighted by atomic mass is 16.5. The second-order valence-electron chi connectivity index (χ2n) is 15.5. The standard InChI is InChI=1S/C41H52N8O7/c1-23(2)33(46-39(53)55-6)36(50)48-18-8-10-32(48)35-42-22-31(45-35)26-13-11-25(12-14-26)30-21-27-20-28(15-16-29(27)44-30)43-38(52)41(5)17-9-19-49(41)37(51)34(24(3)4)47-40(54)56-7/h11-16,20-24,32-34,44H,8-10,17-19H2,1-7H3,(H,42,45)(H,43,52)(H,46,53)(H,47,54)/t32-,33-,34-,41-/m0/s1. The van der Waals surface area contributed by atoms with Gasteiger partial charge in [-0.3, -0.25) is 14.4 Å². The zero-order valence-corrected chi connectivity index (χ0v) is 33.0. The number of carbonyl (C=O) groups is 5. The average molecular weight is 769 g/mol. The lowest BCUT2D eigenvalue weighted by molar-refractivity contribution is -0.144. The monoisotopic (exact) mass is 768 g/mol. The van der Waals surface area contributed by atoms with Gasteiger partial charge in [0, 0.05) is 47.1 Å². The first-order valence-corrected chi connectivity index (χ1v) is 19.1. The fraction of sp³-hybridized carbons (Fsp3) is 0.463. The lowest BCUT2D eigenvalue weighted by atomic mass is 9.95. The van der Waals surface area contributed by atoms with Gasteiger partial charge in [0.1, 0.15) is 23.4 Å². The van der Waals surface area contributed by atoms with Crippen LogP contribution in [0.2, 0.25) is 0 Å². The van der Waals surface area contributed by atoms with Crippen molar-refractivity contribution in [2.75, 3.05) is 32.6 Å². The van der Waals surface area contributed by atoms with Crippen LogP contribution in [-0.4, -0.2) is 99.6 Å². The van der Waals surface area contributed by atoms with E-state index in [4.69, 9.17) is 14.5 Å². The van der Waals surface area contributed by atoms with E-state index in [0.717, 1.165) is 46.3 Å². The van der Waals surface area contributed by atoms with Crippen molar-refractivity contribution in [3.8, 4) is 22.5 Å². The molecule has 2 aromatic carbocycles. The summed E-state index contributed by atoms with van der Waals surface area (Å²) < 4.78 is 9.48. The molecular weight excluding hydrogens is 716 g/mol. The zero-order chi connectivity index (χ0) is 40.3. The molecule has 0 radical (unpaired) electrons. The van der Waals surface area contributed by atoms with Gasteiger partial charge in [0.15, 0.2) is 0 Å². The molecule has 4 heterocycles. The number of hydrogen-bond donors (Lipinski definition) is 5. The van der Waals surface area contributed by atoms with Gasteiger partial charge in [0.25, 0.3) is 0 Å². The number of anilines is 1. The predicted molar refractivity (Wildman–Crippen MR) is 211 cm³/mol. The van der Waals surface area contributed by atoms with Gasteiger partial charge in [0.2, 0.25) is 17.7 Å². The van der Waals surface area contributed by atoms with E-state index in [2.05, 4.69) is 25.9 Å². The van der Waals surface area contributed by atoms with E-state index in [0.29, 0.717) is 37.4 Å². The summed E-state index contributed by atoms with van der Waals surface area (Å²) in [5.74, 6) is -0.390. The normalized spacial score (nSPS) is 19.3. The highest BCUT2D eigenvalue weighted by molar-refractivity contribution is 6.03. The number of fused-ring (bicyclic) bond motifs is 1. The average Bonchev–Trinajstić information content (AvgIpc) is 4.01. The second kappa shape index (κ2) is 16.5. The number of aromatic amines is 2. The summed E-state index contributed by atoms with van der Waals surface area (Å²) in [5.41, 5.74) is 3.94. The van der Waals surface area contributed by atoms with E-state index in [9.17, 15) is 24.0 Å². The Morgan fingerprint density at radius 3 is 2.12 bits per heavy atom. The minimum absolute atomic E-state index is 0.119. The molecule has 0 bridgehead atoms. The molecule has 298 valence electrons. The maximum atomic E-state index is 13.8. The smallest absolute Gasteiger partial charge is 0.407 e. The van der Waals surface area contributed by atoms with Crippen LogP contribution < -0.4 is 16.0 Å². The molecule has 4 aromatic rings. The van der Waals surface area contributed by atoms with Gasteiger partial charge in [-0.1, -0.05) is 52.0 Å². The zero-order valence-electron chi connectivity index (χ0n) is 33.0. The molecule has 0 spiro atoms. The molecule has 0 unspecified atom stereocenters. The van der Waals surface area contributed by atoms with E-state index >= 15 is 0 Å². The predicted octanol–water partition coefficient (Wildman–Crippen LogP) is 5.97. The Bertz CT molecular complexity index is 2090. The highest BCUT2D eigenvalue weighted by Gasteiger charge is 2.48. The maximum Gasteiger partial charge on any atom is 0.407 e. The number of benzene rings is 2.